The van der Waals surface area contributed by atoms with Crippen LogP contribution >= 0.6 is 0 Å². The van der Waals surface area contributed by atoms with Crippen LogP contribution in [0.15, 0.2) is 9.98 Å². The Bertz CT molecular complexity index is 164. The van der Waals surface area contributed by atoms with Gasteiger partial charge in [-0.05, 0) is 0 Å². The standard InChI is InChI=1S/C3H3N3O2/c1-4-2-6-3(5-1)8-7-2/h1-2H,(H,4,5,6). The van der Waals surface area contributed by atoms with Crippen molar-refractivity contribution in [2.45, 2.75) is 6.35 Å². The Labute approximate surface area is 45.0 Å². The third-order valence-corrected chi connectivity index (χ3v) is 0.831. The van der Waals surface area contributed by atoms with Gasteiger partial charge in [-0.1, -0.05) is 0 Å². The first-order valence-electron chi connectivity index (χ1n) is 2.14. The van der Waals surface area contributed by atoms with Gasteiger partial charge in [0.2, 0.25) is 0 Å². The van der Waals surface area contributed by atoms with Gasteiger partial charge in [0.05, 0.1) is 6.34 Å². The van der Waals surface area contributed by atoms with Crippen molar-refractivity contribution in [3.05, 3.63) is 0 Å². The van der Waals surface area contributed by atoms with E-state index in [9.17, 15) is 0 Å². The first-order valence-corrected chi connectivity index (χ1v) is 2.14. The molecule has 8 heavy (non-hydrogen) atoms. The van der Waals surface area contributed by atoms with Crippen molar-refractivity contribution in [3.63, 3.8) is 0 Å². The molecule has 0 aromatic carbocycles. The molecule has 0 aliphatic carbocycles. The third kappa shape index (κ3) is 0.386. The Hall–Kier alpha value is -1.10. The predicted octanol–water partition coefficient (Wildman–Crippen LogP) is -0.781. The topological polar surface area (TPSA) is 55.2 Å². The number of hydrogen-bond acceptors (Lipinski definition) is 5. The normalized spacial score (nSPS) is 31.0. The molecule has 1 unspecified atom stereocenters. The highest BCUT2D eigenvalue weighted by Gasteiger charge is 2.21. The molecule has 2 bridgehead atoms. The molecule has 0 saturated heterocycles. The van der Waals surface area contributed by atoms with Crippen LogP contribution in [0.3, 0.4) is 0 Å². The Kier molecular flexibility index (Phi) is 0.574. The quantitative estimate of drug-likeness (QED) is 0.419. The summed E-state index contributed by atoms with van der Waals surface area (Å²) in [5.74, 6) is 0. The van der Waals surface area contributed by atoms with E-state index in [1.165, 1.54) is 6.34 Å². The van der Waals surface area contributed by atoms with E-state index in [0.29, 0.717) is 6.02 Å². The Morgan fingerprint density at radius 2 is 2.75 bits per heavy atom. The van der Waals surface area contributed by atoms with Gasteiger partial charge >= 0.3 is 6.02 Å². The summed E-state index contributed by atoms with van der Waals surface area (Å²) in [6.45, 7) is 0. The van der Waals surface area contributed by atoms with Crippen LogP contribution in [0.5, 0.6) is 0 Å². The maximum atomic E-state index is 4.51. The van der Waals surface area contributed by atoms with Crippen molar-refractivity contribution in [3.8, 4) is 0 Å². The van der Waals surface area contributed by atoms with E-state index < -0.39 is 6.35 Å². The fraction of sp³-hybridized carbons (Fsp3) is 0.333. The largest absolute Gasteiger partial charge is 0.332 e. The zero-order valence-corrected chi connectivity index (χ0v) is 3.87. The van der Waals surface area contributed by atoms with Crippen LogP contribution in [0, 0.1) is 0 Å². The summed E-state index contributed by atoms with van der Waals surface area (Å²) in [6.07, 6.45) is 1.02. The second-order valence-corrected chi connectivity index (χ2v) is 1.36. The molecule has 0 fully saturated rings. The lowest BCUT2D eigenvalue weighted by Crippen LogP contribution is -2.22. The minimum Gasteiger partial charge on any atom is -0.298 e. The molecule has 0 amide bonds. The highest BCUT2D eigenvalue weighted by molar-refractivity contribution is 5.87. The highest BCUT2D eigenvalue weighted by Crippen LogP contribution is 2.07. The van der Waals surface area contributed by atoms with E-state index in [0.717, 1.165) is 0 Å². The van der Waals surface area contributed by atoms with Crippen LogP contribution in [-0.4, -0.2) is 18.7 Å². The van der Waals surface area contributed by atoms with Crippen molar-refractivity contribution in [1.29, 1.82) is 0 Å². The van der Waals surface area contributed by atoms with Gasteiger partial charge < -0.3 is 0 Å². The number of rotatable bonds is 0. The Balaban J connectivity index is 2.28. The molecule has 0 radical (unpaired) electrons. The first-order chi connectivity index (χ1) is 3.95. The number of fused-ring (bicyclic) bond motifs is 1. The summed E-state index contributed by atoms with van der Waals surface area (Å²) in [7, 11) is 0. The van der Waals surface area contributed by atoms with E-state index in [4.69, 9.17) is 0 Å². The average Bonchev–Trinajstić information content (AvgIpc) is 2.12. The van der Waals surface area contributed by atoms with E-state index in [1.807, 2.05) is 0 Å². The van der Waals surface area contributed by atoms with E-state index in [-0.39, 0.29) is 0 Å². The SMILES string of the molecule is C1=NC2N=C(N1)OO2. The molecule has 1 N–H and O–H groups in total. The summed E-state index contributed by atoms with van der Waals surface area (Å²) < 4.78 is 0. The molecular weight excluding hydrogens is 110 g/mol. The van der Waals surface area contributed by atoms with E-state index in [2.05, 4.69) is 25.1 Å². The van der Waals surface area contributed by atoms with Crippen molar-refractivity contribution in [2.24, 2.45) is 9.98 Å². The lowest BCUT2D eigenvalue weighted by atomic mass is 10.9. The maximum Gasteiger partial charge on any atom is 0.332 e. The van der Waals surface area contributed by atoms with Crippen LogP contribution < -0.4 is 5.32 Å². The van der Waals surface area contributed by atoms with Crippen LogP contribution in [-0.2, 0) is 9.78 Å². The third-order valence-electron chi connectivity index (χ3n) is 0.831. The van der Waals surface area contributed by atoms with Crippen molar-refractivity contribution >= 4 is 12.4 Å². The van der Waals surface area contributed by atoms with E-state index >= 15 is 0 Å². The molecule has 0 aromatic rings. The molecule has 0 saturated carbocycles. The second kappa shape index (κ2) is 1.19. The Morgan fingerprint density at radius 3 is 3.50 bits per heavy atom. The fourth-order valence-electron chi connectivity index (χ4n) is 0.508. The van der Waals surface area contributed by atoms with Crippen molar-refractivity contribution in [2.75, 3.05) is 0 Å². The van der Waals surface area contributed by atoms with Gasteiger partial charge in [-0.25, -0.2) is 4.99 Å². The summed E-state index contributed by atoms with van der Waals surface area (Å²) in [6, 6.07) is 0.380. The van der Waals surface area contributed by atoms with Gasteiger partial charge in [0.15, 0.2) is 0 Å². The van der Waals surface area contributed by atoms with Gasteiger partial charge in [0.1, 0.15) is 0 Å². The summed E-state index contributed by atoms with van der Waals surface area (Å²) in [5.41, 5.74) is 0. The van der Waals surface area contributed by atoms with Gasteiger partial charge in [-0.2, -0.15) is 4.99 Å². The van der Waals surface area contributed by atoms with Gasteiger partial charge in [0, 0.05) is 0 Å². The molecule has 2 heterocycles. The fourth-order valence-corrected chi connectivity index (χ4v) is 0.508. The van der Waals surface area contributed by atoms with Gasteiger partial charge in [0.25, 0.3) is 6.35 Å². The second-order valence-electron chi connectivity index (χ2n) is 1.36. The number of aliphatic imine (C=N–C) groups is 2. The minimum atomic E-state index is -0.466. The number of hydrogen-bond donors (Lipinski definition) is 1. The first kappa shape index (κ1) is 3.85. The molecule has 5 nitrogen and oxygen atoms in total. The van der Waals surface area contributed by atoms with Crippen LogP contribution in [0.25, 0.3) is 0 Å². The van der Waals surface area contributed by atoms with Crippen molar-refractivity contribution < 1.29 is 9.78 Å². The number of nitrogens with zero attached hydrogens (tertiary/aromatic N) is 2. The molecule has 0 spiro atoms. The predicted molar refractivity (Wildman–Crippen MR) is 25.0 cm³/mol. The molecular formula is C3H3N3O2. The minimum absolute atomic E-state index is 0.380. The zero-order chi connectivity index (χ0) is 5.40. The van der Waals surface area contributed by atoms with Crippen LogP contribution in [0.2, 0.25) is 0 Å². The molecule has 42 valence electrons. The number of amidine groups is 1. The molecule has 2 aliphatic heterocycles. The molecule has 2 rings (SSSR count). The summed E-state index contributed by atoms with van der Waals surface area (Å²) in [4.78, 5) is 16.5. The van der Waals surface area contributed by atoms with Gasteiger partial charge in [-0.3, -0.25) is 10.2 Å². The molecule has 5 heteroatoms. The van der Waals surface area contributed by atoms with Crippen molar-refractivity contribution in [1.82, 2.24) is 5.32 Å². The van der Waals surface area contributed by atoms with Crippen LogP contribution in [0.1, 0.15) is 0 Å². The Morgan fingerprint density at radius 1 is 1.75 bits per heavy atom. The highest BCUT2D eigenvalue weighted by atomic mass is 17.2. The van der Waals surface area contributed by atoms with Crippen LogP contribution in [0.4, 0.5) is 0 Å². The summed E-state index contributed by atoms with van der Waals surface area (Å²) >= 11 is 0. The zero-order valence-electron chi connectivity index (χ0n) is 3.87. The van der Waals surface area contributed by atoms with E-state index in [1.54, 1.807) is 0 Å². The maximum absolute atomic E-state index is 4.51. The lowest BCUT2D eigenvalue weighted by molar-refractivity contribution is -0.232. The number of nitrogens with one attached hydrogen (secondary N) is 1. The molecule has 1 atom stereocenters. The lowest BCUT2D eigenvalue weighted by Gasteiger charge is -1.94. The summed E-state index contributed by atoms with van der Waals surface area (Å²) in [5, 5.41) is 2.62. The molecule has 0 aromatic heterocycles. The smallest absolute Gasteiger partial charge is 0.298 e. The van der Waals surface area contributed by atoms with Gasteiger partial charge in [-0.15, -0.1) is 4.89 Å². The average molecular weight is 113 g/mol. The monoisotopic (exact) mass is 113 g/mol. The molecule has 2 aliphatic rings.